The van der Waals surface area contributed by atoms with Crippen LogP contribution >= 0.6 is 23.2 Å². The molecular formula is C13H7Cl2N3O3. The molecule has 0 aliphatic heterocycles. The topological polar surface area (TPSA) is 82.1 Å². The van der Waals surface area contributed by atoms with Gasteiger partial charge in [-0.05, 0) is 40.1 Å². The number of hydrogen-bond donors (Lipinski definition) is 0. The second-order valence-corrected chi connectivity index (χ2v) is 5.20. The van der Waals surface area contributed by atoms with Crippen molar-refractivity contribution < 1.29 is 9.55 Å². The molecule has 0 aliphatic carbocycles. The molecule has 1 aromatic heterocycles. The van der Waals surface area contributed by atoms with Crippen LogP contribution in [0.4, 0.5) is 5.69 Å². The lowest BCUT2D eigenvalue weighted by atomic mass is 10.0. The summed E-state index contributed by atoms with van der Waals surface area (Å²) in [5.74, 6) is 0. The predicted octanol–water partition coefficient (Wildman–Crippen LogP) is 4.03. The zero-order valence-electron chi connectivity index (χ0n) is 10.4. The predicted molar refractivity (Wildman–Crippen MR) is 77.7 cm³/mol. The molecule has 3 aromatic rings. The molecule has 106 valence electrons. The summed E-state index contributed by atoms with van der Waals surface area (Å²) in [4.78, 5) is 10.8. The Morgan fingerprint density at radius 1 is 1.14 bits per heavy atom. The molecular weight excluding hydrogens is 317 g/mol. The van der Waals surface area contributed by atoms with Gasteiger partial charge in [0.05, 0.1) is 15.0 Å². The average molecular weight is 324 g/mol. The number of hydrogen-bond acceptors (Lipinski definition) is 5. The van der Waals surface area contributed by atoms with Crippen molar-refractivity contribution in [1.82, 2.24) is 10.3 Å². The third kappa shape index (κ3) is 2.55. The minimum absolute atomic E-state index is 0.111. The number of fused-ring (bicyclic) bond motifs is 1. The van der Waals surface area contributed by atoms with E-state index in [0.717, 1.165) is 5.56 Å². The third-order valence-corrected chi connectivity index (χ3v) is 3.78. The summed E-state index contributed by atoms with van der Waals surface area (Å²) in [6, 6.07) is 8.36. The Bertz CT molecular complexity index is 848. The number of nitro benzene ring substituents is 1. The molecule has 0 fully saturated rings. The highest BCUT2D eigenvalue weighted by Crippen LogP contribution is 2.30. The zero-order valence-corrected chi connectivity index (χ0v) is 11.9. The van der Waals surface area contributed by atoms with Crippen molar-refractivity contribution in [2.45, 2.75) is 6.42 Å². The van der Waals surface area contributed by atoms with Crippen LogP contribution in [-0.2, 0) is 6.42 Å². The molecule has 0 spiro atoms. The first-order chi connectivity index (χ1) is 10.1. The zero-order chi connectivity index (χ0) is 15.0. The summed E-state index contributed by atoms with van der Waals surface area (Å²) in [7, 11) is 0. The maximum Gasteiger partial charge on any atom is 0.304 e. The van der Waals surface area contributed by atoms with E-state index in [1.807, 2.05) is 0 Å². The van der Waals surface area contributed by atoms with Crippen LogP contribution < -0.4 is 0 Å². The smallest absolute Gasteiger partial charge is 0.258 e. The molecule has 0 aliphatic rings. The summed E-state index contributed by atoms with van der Waals surface area (Å²) < 4.78 is 4.55. The molecule has 0 atom stereocenters. The number of rotatable bonds is 3. The van der Waals surface area contributed by atoms with Gasteiger partial charge < -0.3 is 0 Å². The molecule has 8 heteroatoms. The molecule has 3 rings (SSSR count). The van der Waals surface area contributed by atoms with Crippen molar-refractivity contribution >= 4 is 39.9 Å². The van der Waals surface area contributed by atoms with Crippen LogP contribution in [0.15, 0.2) is 35.0 Å². The van der Waals surface area contributed by atoms with Gasteiger partial charge in [0.1, 0.15) is 5.52 Å². The van der Waals surface area contributed by atoms with Crippen molar-refractivity contribution in [3.05, 3.63) is 61.6 Å². The van der Waals surface area contributed by atoms with Crippen molar-refractivity contribution in [1.29, 1.82) is 0 Å². The van der Waals surface area contributed by atoms with E-state index in [4.69, 9.17) is 23.2 Å². The van der Waals surface area contributed by atoms with Gasteiger partial charge in [0.25, 0.3) is 0 Å². The summed E-state index contributed by atoms with van der Waals surface area (Å²) in [6.45, 7) is 0. The number of benzene rings is 2. The molecule has 0 amide bonds. The molecule has 0 saturated heterocycles. The first kappa shape index (κ1) is 13.8. The SMILES string of the molecule is O=[N+]([O-])c1c(Cc2ccc(Cl)c(Cl)c2)ccc2nonc12. The summed E-state index contributed by atoms with van der Waals surface area (Å²) in [6.07, 6.45) is 0.329. The minimum Gasteiger partial charge on any atom is -0.258 e. The summed E-state index contributed by atoms with van der Waals surface area (Å²) in [5, 5.41) is 19.3. The maximum absolute atomic E-state index is 11.3. The number of halogens is 2. The quantitative estimate of drug-likeness (QED) is 0.536. The highest BCUT2D eigenvalue weighted by atomic mass is 35.5. The van der Waals surface area contributed by atoms with Crippen molar-refractivity contribution in [2.75, 3.05) is 0 Å². The molecule has 0 unspecified atom stereocenters. The van der Waals surface area contributed by atoms with Gasteiger partial charge in [0, 0.05) is 12.0 Å². The molecule has 21 heavy (non-hydrogen) atoms. The highest BCUT2D eigenvalue weighted by Gasteiger charge is 2.22. The average Bonchev–Trinajstić information content (AvgIpc) is 2.90. The lowest BCUT2D eigenvalue weighted by Crippen LogP contribution is -1.98. The molecule has 0 saturated carbocycles. The molecule has 1 heterocycles. The third-order valence-electron chi connectivity index (χ3n) is 3.05. The molecule has 2 aromatic carbocycles. The Labute approximate surface area is 128 Å². The lowest BCUT2D eigenvalue weighted by Gasteiger charge is -2.04. The Morgan fingerprint density at radius 2 is 1.95 bits per heavy atom. The van der Waals surface area contributed by atoms with Gasteiger partial charge in [0.15, 0.2) is 0 Å². The number of nitro groups is 1. The first-order valence-corrected chi connectivity index (χ1v) is 6.64. The van der Waals surface area contributed by atoms with E-state index < -0.39 is 4.92 Å². The van der Waals surface area contributed by atoms with Crippen LogP contribution in [0.3, 0.4) is 0 Å². The van der Waals surface area contributed by atoms with E-state index in [1.54, 1.807) is 30.3 Å². The van der Waals surface area contributed by atoms with Crippen molar-refractivity contribution in [3.63, 3.8) is 0 Å². The van der Waals surface area contributed by atoms with Crippen LogP contribution in [0.1, 0.15) is 11.1 Å². The van der Waals surface area contributed by atoms with E-state index in [2.05, 4.69) is 14.9 Å². The molecule has 0 radical (unpaired) electrons. The van der Waals surface area contributed by atoms with Gasteiger partial charge in [-0.2, -0.15) is 0 Å². The van der Waals surface area contributed by atoms with Gasteiger partial charge in [-0.3, -0.25) is 10.1 Å². The van der Waals surface area contributed by atoms with Crippen LogP contribution in [0.5, 0.6) is 0 Å². The van der Waals surface area contributed by atoms with Gasteiger partial charge in [0.2, 0.25) is 5.52 Å². The minimum atomic E-state index is -0.487. The molecule has 6 nitrogen and oxygen atoms in total. The fraction of sp³-hybridized carbons (Fsp3) is 0.0769. The Balaban J connectivity index is 2.09. The van der Waals surface area contributed by atoms with Gasteiger partial charge in [-0.1, -0.05) is 29.3 Å². The van der Waals surface area contributed by atoms with Crippen LogP contribution in [-0.4, -0.2) is 15.2 Å². The second kappa shape index (κ2) is 5.31. The Morgan fingerprint density at radius 3 is 2.67 bits per heavy atom. The fourth-order valence-electron chi connectivity index (χ4n) is 2.10. The highest BCUT2D eigenvalue weighted by molar-refractivity contribution is 6.42. The first-order valence-electron chi connectivity index (χ1n) is 5.88. The van der Waals surface area contributed by atoms with Gasteiger partial charge in [-0.25, -0.2) is 4.63 Å². The Kier molecular flexibility index (Phi) is 3.48. The lowest BCUT2D eigenvalue weighted by molar-refractivity contribution is -0.383. The number of aromatic nitrogens is 2. The standard InChI is InChI=1S/C13H7Cl2N3O3/c14-9-3-1-7(6-10(9)15)5-8-2-4-11-12(17-21-16-11)13(8)18(19)20/h1-4,6H,5H2. The van der Waals surface area contributed by atoms with E-state index in [-0.39, 0.29) is 11.2 Å². The normalized spacial score (nSPS) is 11.0. The van der Waals surface area contributed by atoms with Gasteiger partial charge in [-0.15, -0.1) is 0 Å². The fourth-order valence-corrected chi connectivity index (χ4v) is 2.42. The van der Waals surface area contributed by atoms with Crippen molar-refractivity contribution in [2.24, 2.45) is 0 Å². The summed E-state index contributed by atoms with van der Waals surface area (Å²) in [5.41, 5.74) is 1.68. The summed E-state index contributed by atoms with van der Waals surface area (Å²) >= 11 is 11.8. The van der Waals surface area contributed by atoms with E-state index in [9.17, 15) is 10.1 Å². The van der Waals surface area contributed by atoms with E-state index >= 15 is 0 Å². The van der Waals surface area contributed by atoms with Crippen LogP contribution in [0, 0.1) is 10.1 Å². The Hall–Kier alpha value is -2.18. The van der Waals surface area contributed by atoms with E-state index in [1.165, 1.54) is 0 Å². The second-order valence-electron chi connectivity index (χ2n) is 4.39. The number of nitrogens with zero attached hydrogens (tertiary/aromatic N) is 3. The van der Waals surface area contributed by atoms with Gasteiger partial charge >= 0.3 is 5.69 Å². The molecule has 0 N–H and O–H groups in total. The van der Waals surface area contributed by atoms with E-state index in [0.29, 0.717) is 27.5 Å². The monoisotopic (exact) mass is 323 g/mol. The largest absolute Gasteiger partial charge is 0.304 e. The maximum atomic E-state index is 11.3. The van der Waals surface area contributed by atoms with Crippen molar-refractivity contribution in [3.8, 4) is 0 Å². The van der Waals surface area contributed by atoms with Crippen LogP contribution in [0.25, 0.3) is 11.0 Å². The molecule has 0 bridgehead atoms. The van der Waals surface area contributed by atoms with Crippen LogP contribution in [0.2, 0.25) is 10.0 Å².